The van der Waals surface area contributed by atoms with Gasteiger partial charge in [0.2, 0.25) is 0 Å². The van der Waals surface area contributed by atoms with Crippen LogP contribution in [0.1, 0.15) is 68.2 Å². The van der Waals surface area contributed by atoms with Crippen molar-refractivity contribution in [2.24, 2.45) is 5.41 Å². The highest BCUT2D eigenvalue weighted by Crippen LogP contribution is 2.24. The lowest BCUT2D eigenvalue weighted by Crippen LogP contribution is -2.48. The van der Waals surface area contributed by atoms with Crippen LogP contribution in [0.5, 0.6) is 0 Å². The van der Waals surface area contributed by atoms with Gasteiger partial charge in [0.25, 0.3) is 11.8 Å². The molecular formula is C27H38ClN5O4. The maximum Gasteiger partial charge on any atom is 0.319 e. The van der Waals surface area contributed by atoms with E-state index < -0.39 is 0 Å². The van der Waals surface area contributed by atoms with Gasteiger partial charge in [-0.25, -0.2) is 4.79 Å². The maximum atomic E-state index is 13.0. The van der Waals surface area contributed by atoms with E-state index in [4.69, 9.17) is 16.0 Å². The molecule has 0 radical (unpaired) electrons. The number of nitrogens with zero attached hydrogens (tertiary/aromatic N) is 2. The van der Waals surface area contributed by atoms with Crippen LogP contribution in [0.3, 0.4) is 0 Å². The Morgan fingerprint density at radius 2 is 1.65 bits per heavy atom. The number of rotatable bonds is 6. The van der Waals surface area contributed by atoms with E-state index in [1.165, 1.54) is 0 Å². The van der Waals surface area contributed by atoms with Gasteiger partial charge in [-0.2, -0.15) is 0 Å². The Bertz CT molecular complexity index is 1120. The number of benzene rings is 1. The maximum absolute atomic E-state index is 13.0. The molecule has 0 spiro atoms. The fourth-order valence-corrected chi connectivity index (χ4v) is 3.99. The van der Waals surface area contributed by atoms with Gasteiger partial charge in [0.1, 0.15) is 5.76 Å². The van der Waals surface area contributed by atoms with Crippen molar-refractivity contribution in [3.63, 3.8) is 0 Å². The normalized spacial score (nSPS) is 14.8. The summed E-state index contributed by atoms with van der Waals surface area (Å²) >= 11 is 6.36. The molecule has 0 atom stereocenters. The molecule has 1 aromatic heterocycles. The Labute approximate surface area is 223 Å². The van der Waals surface area contributed by atoms with Gasteiger partial charge in [-0.1, -0.05) is 32.4 Å². The van der Waals surface area contributed by atoms with Crippen molar-refractivity contribution < 1.29 is 18.8 Å². The largest absolute Gasteiger partial charge is 0.455 e. The monoisotopic (exact) mass is 531 g/mol. The molecule has 1 aromatic carbocycles. The minimum Gasteiger partial charge on any atom is -0.455 e. The number of piperazine rings is 1. The molecule has 202 valence electrons. The van der Waals surface area contributed by atoms with Gasteiger partial charge >= 0.3 is 6.03 Å². The van der Waals surface area contributed by atoms with E-state index in [1.54, 1.807) is 29.2 Å². The Balaban J connectivity index is 1.50. The van der Waals surface area contributed by atoms with Crippen molar-refractivity contribution >= 4 is 35.1 Å². The highest BCUT2D eigenvalue weighted by molar-refractivity contribution is 6.34. The van der Waals surface area contributed by atoms with Crippen molar-refractivity contribution in [1.29, 1.82) is 0 Å². The summed E-state index contributed by atoms with van der Waals surface area (Å²) in [6.45, 7) is 15.4. The molecule has 1 fully saturated rings. The fourth-order valence-electron chi connectivity index (χ4n) is 3.76. The number of amides is 4. The quantitative estimate of drug-likeness (QED) is 0.505. The molecule has 3 rings (SSSR count). The number of carbonyl (C=O) groups excluding carboxylic acids is 3. The topological polar surface area (TPSA) is 107 Å². The van der Waals surface area contributed by atoms with Gasteiger partial charge in [0.05, 0.1) is 17.3 Å². The molecule has 0 bridgehead atoms. The first-order valence-corrected chi connectivity index (χ1v) is 12.9. The van der Waals surface area contributed by atoms with Crippen LogP contribution in [-0.4, -0.2) is 65.9 Å². The SMILES string of the molecule is CC(C)(C)CNC(=O)Nc1ccc(C(=O)N2CCN(Cc3ccc(C(=O)NC(C)(C)C)o3)CC2)cc1Cl. The van der Waals surface area contributed by atoms with Crippen LogP contribution in [0.4, 0.5) is 10.5 Å². The summed E-state index contributed by atoms with van der Waals surface area (Å²) in [4.78, 5) is 41.4. The molecular weight excluding hydrogens is 494 g/mol. The third-order valence-electron chi connectivity index (χ3n) is 5.66. The molecule has 0 unspecified atom stereocenters. The molecule has 1 aliphatic rings. The standard InChI is InChI=1S/C27H38ClN5O4/c1-26(2,3)17-29-25(36)30-21-9-7-18(15-20(21)28)24(35)33-13-11-32(12-14-33)16-19-8-10-22(37-19)23(34)31-27(4,5)6/h7-10,15H,11-14,16-17H2,1-6H3,(H,31,34)(H2,29,30,36). The summed E-state index contributed by atoms with van der Waals surface area (Å²) in [5.41, 5.74) is 0.544. The number of anilines is 1. The average molecular weight is 532 g/mol. The van der Waals surface area contributed by atoms with E-state index in [0.717, 1.165) is 0 Å². The lowest BCUT2D eigenvalue weighted by Gasteiger charge is -2.34. The highest BCUT2D eigenvalue weighted by atomic mass is 35.5. The lowest BCUT2D eigenvalue weighted by atomic mass is 9.97. The Kier molecular flexibility index (Phi) is 8.92. The Morgan fingerprint density at radius 1 is 0.973 bits per heavy atom. The first kappa shape index (κ1) is 28.5. The summed E-state index contributed by atoms with van der Waals surface area (Å²) in [6, 6.07) is 8.07. The molecule has 1 aliphatic heterocycles. The molecule has 10 heteroatoms. The average Bonchev–Trinajstić information content (AvgIpc) is 3.26. The van der Waals surface area contributed by atoms with Gasteiger partial charge in [0.15, 0.2) is 5.76 Å². The molecule has 0 saturated carbocycles. The van der Waals surface area contributed by atoms with Gasteiger partial charge in [0, 0.05) is 43.8 Å². The zero-order chi connectivity index (χ0) is 27.4. The van der Waals surface area contributed by atoms with E-state index in [0.29, 0.717) is 67.1 Å². The van der Waals surface area contributed by atoms with Crippen LogP contribution in [0.15, 0.2) is 34.7 Å². The summed E-state index contributed by atoms with van der Waals surface area (Å²) < 4.78 is 5.74. The third kappa shape index (κ3) is 8.79. The molecule has 3 N–H and O–H groups in total. The number of furan rings is 1. The van der Waals surface area contributed by atoms with Crippen LogP contribution in [0.2, 0.25) is 5.02 Å². The number of carbonyl (C=O) groups is 3. The summed E-state index contributed by atoms with van der Waals surface area (Å²) in [6.07, 6.45) is 0. The minimum atomic E-state index is -0.342. The number of hydrogen-bond acceptors (Lipinski definition) is 5. The lowest BCUT2D eigenvalue weighted by molar-refractivity contribution is 0.0618. The van der Waals surface area contributed by atoms with E-state index in [1.807, 2.05) is 47.6 Å². The minimum absolute atomic E-state index is 0.0368. The van der Waals surface area contributed by atoms with Crippen molar-refractivity contribution in [3.05, 3.63) is 52.4 Å². The predicted octanol–water partition coefficient (Wildman–Crippen LogP) is 4.59. The van der Waals surface area contributed by atoms with Gasteiger partial charge in [-0.3, -0.25) is 14.5 Å². The molecule has 0 aliphatic carbocycles. The molecule has 2 heterocycles. The van der Waals surface area contributed by atoms with Crippen LogP contribution >= 0.6 is 11.6 Å². The molecule has 9 nitrogen and oxygen atoms in total. The van der Waals surface area contributed by atoms with Crippen molar-refractivity contribution in [3.8, 4) is 0 Å². The van der Waals surface area contributed by atoms with Crippen LogP contribution in [0, 0.1) is 5.41 Å². The third-order valence-corrected chi connectivity index (χ3v) is 5.97. The number of urea groups is 1. The first-order chi connectivity index (χ1) is 17.2. The van der Waals surface area contributed by atoms with Crippen LogP contribution in [0.25, 0.3) is 0 Å². The van der Waals surface area contributed by atoms with E-state index in [-0.39, 0.29) is 28.8 Å². The van der Waals surface area contributed by atoms with E-state index in [9.17, 15) is 14.4 Å². The highest BCUT2D eigenvalue weighted by Gasteiger charge is 2.24. The number of hydrogen-bond donors (Lipinski definition) is 3. The summed E-state index contributed by atoms with van der Waals surface area (Å²) in [5.74, 6) is 0.657. The zero-order valence-electron chi connectivity index (χ0n) is 22.5. The molecule has 1 saturated heterocycles. The van der Waals surface area contributed by atoms with Gasteiger partial charge in [-0.15, -0.1) is 0 Å². The van der Waals surface area contributed by atoms with E-state index >= 15 is 0 Å². The summed E-state index contributed by atoms with van der Waals surface area (Å²) in [5, 5.41) is 8.73. The van der Waals surface area contributed by atoms with Gasteiger partial charge < -0.3 is 25.3 Å². The molecule has 37 heavy (non-hydrogen) atoms. The van der Waals surface area contributed by atoms with Gasteiger partial charge in [-0.05, 0) is 56.5 Å². The van der Waals surface area contributed by atoms with Crippen molar-refractivity contribution in [1.82, 2.24) is 20.4 Å². The second-order valence-corrected chi connectivity index (χ2v) is 12.0. The smallest absolute Gasteiger partial charge is 0.319 e. The first-order valence-electron chi connectivity index (χ1n) is 12.5. The van der Waals surface area contributed by atoms with E-state index in [2.05, 4.69) is 20.9 Å². The molecule has 4 amide bonds. The van der Waals surface area contributed by atoms with Crippen molar-refractivity contribution in [2.45, 2.75) is 53.6 Å². The fraction of sp³-hybridized carbons (Fsp3) is 0.519. The van der Waals surface area contributed by atoms with Crippen LogP contribution in [-0.2, 0) is 6.54 Å². The summed E-state index contributed by atoms with van der Waals surface area (Å²) in [7, 11) is 0. The zero-order valence-corrected chi connectivity index (χ0v) is 23.3. The second kappa shape index (κ2) is 11.6. The Morgan fingerprint density at radius 3 is 2.24 bits per heavy atom. The Hall–Kier alpha value is -3.04. The number of halogens is 1. The number of nitrogens with one attached hydrogen (secondary N) is 3. The second-order valence-electron chi connectivity index (χ2n) is 11.6. The van der Waals surface area contributed by atoms with Crippen molar-refractivity contribution in [2.75, 3.05) is 38.0 Å². The molecule has 2 aromatic rings. The van der Waals surface area contributed by atoms with Crippen LogP contribution < -0.4 is 16.0 Å². The predicted molar refractivity (Wildman–Crippen MR) is 145 cm³/mol.